The predicted molar refractivity (Wildman–Crippen MR) is 82.0 cm³/mol. The molecular weight excluding hydrogens is 270 g/mol. The van der Waals surface area contributed by atoms with Crippen molar-refractivity contribution in [2.75, 3.05) is 5.32 Å². The van der Waals surface area contributed by atoms with Crippen molar-refractivity contribution >= 4 is 22.4 Å². The van der Waals surface area contributed by atoms with Gasteiger partial charge in [-0.1, -0.05) is 54.5 Å². The average molecular weight is 289 g/mol. The van der Waals surface area contributed by atoms with Gasteiger partial charge in [0.25, 0.3) is 0 Å². The van der Waals surface area contributed by atoms with Crippen LogP contribution in [0.5, 0.6) is 0 Å². The molecule has 0 unspecified atom stereocenters. The Balaban J connectivity index is 1.89. The highest BCUT2D eigenvalue weighted by molar-refractivity contribution is 7.15. The molecule has 0 spiro atoms. The van der Waals surface area contributed by atoms with E-state index in [1.54, 1.807) is 0 Å². The number of hydrogen-bond donors (Lipinski definition) is 1. The van der Waals surface area contributed by atoms with Crippen LogP contribution < -0.4 is 5.32 Å². The lowest BCUT2D eigenvalue weighted by Crippen LogP contribution is -2.14. The number of carbonyl (C=O) groups is 1. The van der Waals surface area contributed by atoms with Crippen molar-refractivity contribution in [2.24, 2.45) is 0 Å². The molecule has 0 aliphatic carbocycles. The molecule has 2 aromatic rings. The highest BCUT2D eigenvalue weighted by atomic mass is 32.1. The van der Waals surface area contributed by atoms with Gasteiger partial charge < -0.3 is 5.32 Å². The number of hydrogen-bond acceptors (Lipinski definition) is 4. The van der Waals surface area contributed by atoms with E-state index in [0.717, 1.165) is 35.4 Å². The van der Waals surface area contributed by atoms with Gasteiger partial charge in [0, 0.05) is 6.42 Å². The van der Waals surface area contributed by atoms with Gasteiger partial charge in [-0.2, -0.15) is 0 Å². The zero-order valence-electron chi connectivity index (χ0n) is 11.8. The number of nitrogens with zero attached hydrogens (tertiary/aromatic N) is 2. The van der Waals surface area contributed by atoms with E-state index in [2.05, 4.69) is 22.4 Å². The molecule has 0 aliphatic heterocycles. The van der Waals surface area contributed by atoms with Gasteiger partial charge in [-0.25, -0.2) is 0 Å². The number of carbonyl (C=O) groups excluding carboxylic acids is 1. The average Bonchev–Trinajstić information content (AvgIpc) is 2.83. The number of rotatable bonds is 6. The molecular formula is C15H19N3OS. The standard InChI is InChI=1S/C15H19N3OS/c1-3-4-8-14-17-18-15(20-14)16-13(19)10-12-7-5-6-11(2)9-12/h5-7,9H,3-4,8,10H2,1-2H3,(H,16,18,19). The van der Waals surface area contributed by atoms with Crippen LogP contribution in [0.15, 0.2) is 24.3 Å². The van der Waals surface area contributed by atoms with Gasteiger partial charge in [0.1, 0.15) is 5.01 Å². The fourth-order valence-corrected chi connectivity index (χ4v) is 2.70. The predicted octanol–water partition coefficient (Wildman–Crippen LogP) is 3.37. The fourth-order valence-electron chi connectivity index (χ4n) is 1.90. The third kappa shape index (κ3) is 4.42. The molecule has 106 valence electrons. The molecule has 0 saturated carbocycles. The fraction of sp³-hybridized carbons (Fsp3) is 0.400. The molecule has 0 radical (unpaired) electrons. The van der Waals surface area contributed by atoms with Gasteiger partial charge in [-0.15, -0.1) is 10.2 Å². The Kier molecular flexibility index (Phi) is 5.24. The number of aryl methyl sites for hydroxylation is 2. The second-order valence-corrected chi connectivity index (χ2v) is 5.88. The van der Waals surface area contributed by atoms with Crippen LogP contribution in [0, 0.1) is 6.92 Å². The first-order valence-electron chi connectivity index (χ1n) is 6.85. The van der Waals surface area contributed by atoms with Gasteiger partial charge in [-0.05, 0) is 18.9 Å². The monoisotopic (exact) mass is 289 g/mol. The van der Waals surface area contributed by atoms with Crippen LogP contribution in [0.25, 0.3) is 0 Å². The molecule has 5 heteroatoms. The van der Waals surface area contributed by atoms with Crippen LogP contribution in [0.2, 0.25) is 0 Å². The maximum absolute atomic E-state index is 11.9. The van der Waals surface area contributed by atoms with E-state index in [9.17, 15) is 4.79 Å². The molecule has 1 N–H and O–H groups in total. The smallest absolute Gasteiger partial charge is 0.230 e. The summed E-state index contributed by atoms with van der Waals surface area (Å²) in [6.07, 6.45) is 3.54. The third-order valence-corrected chi connectivity index (χ3v) is 3.80. The molecule has 1 aromatic carbocycles. The van der Waals surface area contributed by atoms with Crippen molar-refractivity contribution in [1.82, 2.24) is 10.2 Å². The summed E-state index contributed by atoms with van der Waals surface area (Å²) in [4.78, 5) is 11.9. The highest BCUT2D eigenvalue weighted by Gasteiger charge is 2.08. The molecule has 0 saturated heterocycles. The quantitative estimate of drug-likeness (QED) is 0.887. The Labute approximate surface area is 123 Å². The molecule has 20 heavy (non-hydrogen) atoms. The van der Waals surface area contributed by atoms with Crippen LogP contribution >= 0.6 is 11.3 Å². The first-order chi connectivity index (χ1) is 9.67. The maximum Gasteiger partial charge on any atom is 0.230 e. The van der Waals surface area contributed by atoms with Gasteiger partial charge >= 0.3 is 0 Å². The van der Waals surface area contributed by atoms with Crippen LogP contribution in [0.4, 0.5) is 5.13 Å². The molecule has 1 amide bonds. The molecule has 0 fully saturated rings. The minimum absolute atomic E-state index is 0.0474. The van der Waals surface area contributed by atoms with E-state index < -0.39 is 0 Å². The molecule has 1 aromatic heterocycles. The van der Waals surface area contributed by atoms with E-state index in [-0.39, 0.29) is 5.91 Å². The Morgan fingerprint density at radius 2 is 2.20 bits per heavy atom. The number of unbranched alkanes of at least 4 members (excludes halogenated alkanes) is 1. The molecule has 2 rings (SSSR count). The highest BCUT2D eigenvalue weighted by Crippen LogP contribution is 2.17. The van der Waals surface area contributed by atoms with Crippen molar-refractivity contribution in [3.8, 4) is 0 Å². The first-order valence-corrected chi connectivity index (χ1v) is 7.67. The third-order valence-electron chi connectivity index (χ3n) is 2.90. The number of amides is 1. The van der Waals surface area contributed by atoms with Gasteiger partial charge in [-0.3, -0.25) is 4.79 Å². The summed E-state index contributed by atoms with van der Waals surface area (Å²) in [5, 5.41) is 12.5. The van der Waals surface area contributed by atoms with E-state index in [4.69, 9.17) is 0 Å². The number of benzene rings is 1. The molecule has 0 aliphatic rings. The Morgan fingerprint density at radius 3 is 2.95 bits per heavy atom. The minimum atomic E-state index is -0.0474. The number of aromatic nitrogens is 2. The van der Waals surface area contributed by atoms with Gasteiger partial charge in [0.2, 0.25) is 11.0 Å². The first kappa shape index (κ1) is 14.7. The lowest BCUT2D eigenvalue weighted by Gasteiger charge is -2.02. The SMILES string of the molecule is CCCCc1nnc(NC(=O)Cc2cccc(C)c2)s1. The maximum atomic E-state index is 11.9. The summed E-state index contributed by atoms with van der Waals surface area (Å²) < 4.78 is 0. The number of anilines is 1. The van der Waals surface area contributed by atoms with E-state index in [1.165, 1.54) is 11.3 Å². The summed E-state index contributed by atoms with van der Waals surface area (Å²) in [5.41, 5.74) is 2.17. The lowest BCUT2D eigenvalue weighted by atomic mass is 10.1. The van der Waals surface area contributed by atoms with Crippen molar-refractivity contribution in [1.29, 1.82) is 0 Å². The van der Waals surface area contributed by atoms with Crippen molar-refractivity contribution in [3.63, 3.8) is 0 Å². The Hall–Kier alpha value is -1.75. The van der Waals surface area contributed by atoms with Gasteiger partial charge in [0.15, 0.2) is 0 Å². The molecule has 1 heterocycles. The van der Waals surface area contributed by atoms with Crippen molar-refractivity contribution in [2.45, 2.75) is 39.5 Å². The largest absolute Gasteiger partial charge is 0.300 e. The van der Waals surface area contributed by atoms with E-state index in [0.29, 0.717) is 11.6 Å². The second kappa shape index (κ2) is 7.14. The van der Waals surface area contributed by atoms with Gasteiger partial charge in [0.05, 0.1) is 6.42 Å². The zero-order chi connectivity index (χ0) is 14.4. The summed E-state index contributed by atoms with van der Waals surface area (Å²) in [6.45, 7) is 4.16. The lowest BCUT2D eigenvalue weighted by molar-refractivity contribution is -0.115. The van der Waals surface area contributed by atoms with Crippen LogP contribution in [-0.4, -0.2) is 16.1 Å². The minimum Gasteiger partial charge on any atom is -0.300 e. The molecule has 0 atom stereocenters. The summed E-state index contributed by atoms with van der Waals surface area (Å²) in [6, 6.07) is 7.96. The summed E-state index contributed by atoms with van der Waals surface area (Å²) >= 11 is 1.46. The second-order valence-electron chi connectivity index (χ2n) is 4.82. The van der Waals surface area contributed by atoms with Crippen molar-refractivity contribution < 1.29 is 4.79 Å². The van der Waals surface area contributed by atoms with E-state index >= 15 is 0 Å². The topological polar surface area (TPSA) is 54.9 Å². The molecule has 0 bridgehead atoms. The van der Waals surface area contributed by atoms with Crippen LogP contribution in [-0.2, 0) is 17.6 Å². The van der Waals surface area contributed by atoms with Crippen LogP contribution in [0.3, 0.4) is 0 Å². The Morgan fingerprint density at radius 1 is 1.35 bits per heavy atom. The zero-order valence-corrected chi connectivity index (χ0v) is 12.7. The van der Waals surface area contributed by atoms with E-state index in [1.807, 2.05) is 31.2 Å². The summed E-state index contributed by atoms with van der Waals surface area (Å²) in [5.74, 6) is -0.0474. The Bertz CT molecular complexity index is 580. The normalized spacial score (nSPS) is 10.5. The molecule has 4 nitrogen and oxygen atoms in total. The van der Waals surface area contributed by atoms with Crippen molar-refractivity contribution in [3.05, 3.63) is 40.4 Å². The van der Waals surface area contributed by atoms with Crippen LogP contribution in [0.1, 0.15) is 35.9 Å². The number of nitrogens with one attached hydrogen (secondary N) is 1. The summed E-state index contributed by atoms with van der Waals surface area (Å²) in [7, 11) is 0.